The molecule has 29 heavy (non-hydrogen) atoms. The first kappa shape index (κ1) is 18.5. The van der Waals surface area contributed by atoms with Gasteiger partial charge in [0.15, 0.2) is 6.54 Å². The Balaban J connectivity index is 1.61. The molecule has 3 aromatic carbocycles. The lowest BCUT2D eigenvalue weighted by Crippen LogP contribution is -2.46. The fourth-order valence-corrected chi connectivity index (χ4v) is 4.96. The fourth-order valence-electron chi connectivity index (χ4n) is 4.56. The van der Waals surface area contributed by atoms with Crippen molar-refractivity contribution in [3.63, 3.8) is 0 Å². The second kappa shape index (κ2) is 7.36. The van der Waals surface area contributed by atoms with E-state index >= 15 is 0 Å². The average molecular weight is 402 g/mol. The third kappa shape index (κ3) is 3.17. The third-order valence-electron chi connectivity index (χ3n) is 6.06. The van der Waals surface area contributed by atoms with Gasteiger partial charge in [0, 0.05) is 16.9 Å². The zero-order chi connectivity index (χ0) is 19.8. The van der Waals surface area contributed by atoms with Gasteiger partial charge in [-0.15, -0.1) is 11.8 Å². The number of nitrogens with zero attached hydrogens (tertiary/aromatic N) is 2. The number of aliphatic hydroxyl groups is 1. The zero-order valence-electron chi connectivity index (χ0n) is 16.6. The first-order valence-corrected chi connectivity index (χ1v) is 11.3. The fraction of sp³-hybridized carbons (Fsp3) is 0.240. The largest absolute Gasteiger partial charge is 0.346 e. The van der Waals surface area contributed by atoms with E-state index in [0.717, 1.165) is 24.4 Å². The van der Waals surface area contributed by atoms with E-state index in [1.165, 1.54) is 21.6 Å². The first-order valence-electron chi connectivity index (χ1n) is 10.1. The Hall–Kier alpha value is -2.56. The molecule has 0 spiro atoms. The summed E-state index contributed by atoms with van der Waals surface area (Å²) in [6.07, 6.45) is 3.11. The number of thioether (sulfide) groups is 1. The van der Waals surface area contributed by atoms with Crippen molar-refractivity contribution in [2.75, 3.05) is 19.3 Å². The minimum atomic E-state index is -1.05. The van der Waals surface area contributed by atoms with Crippen molar-refractivity contribution < 1.29 is 9.68 Å². The molecule has 2 aliphatic rings. The molecule has 1 atom stereocenters. The van der Waals surface area contributed by atoms with Crippen molar-refractivity contribution in [2.24, 2.45) is 0 Å². The molecule has 1 N–H and O–H groups in total. The lowest BCUT2D eigenvalue weighted by atomic mass is 9.98. The lowest BCUT2D eigenvalue weighted by Gasteiger charge is -2.29. The molecule has 0 saturated carbocycles. The highest BCUT2D eigenvalue weighted by molar-refractivity contribution is 7.98. The van der Waals surface area contributed by atoms with Crippen LogP contribution in [0.25, 0.3) is 0 Å². The average Bonchev–Trinajstić information content (AvgIpc) is 3.08. The van der Waals surface area contributed by atoms with E-state index in [9.17, 15) is 5.11 Å². The number of hydrogen-bond donors (Lipinski definition) is 1. The number of rotatable bonds is 4. The molecular formula is C25H25N2OS+. The number of fused-ring (bicyclic) bond motifs is 2. The van der Waals surface area contributed by atoms with Crippen LogP contribution in [-0.4, -0.2) is 39.8 Å². The van der Waals surface area contributed by atoms with Crippen LogP contribution in [0.3, 0.4) is 0 Å². The summed E-state index contributed by atoms with van der Waals surface area (Å²) in [5.41, 5.74) is 3.70. The van der Waals surface area contributed by atoms with Gasteiger partial charge in [0.1, 0.15) is 6.54 Å². The standard InChI is InChI=1S/C25H25N2OS/c1-29-22-13-11-19(12-14-22)17-27-24-23-10-6-5-7-20(23)15-16-26(24)18-25(27,28)21-8-3-2-4-9-21/h2-14,28H,15-18H2,1H3/q+1. The number of amidine groups is 1. The highest BCUT2D eigenvalue weighted by Crippen LogP contribution is 2.36. The van der Waals surface area contributed by atoms with Crippen LogP contribution in [0.4, 0.5) is 0 Å². The van der Waals surface area contributed by atoms with Gasteiger partial charge in [0.05, 0.1) is 12.1 Å². The summed E-state index contributed by atoms with van der Waals surface area (Å²) in [7, 11) is 0. The number of benzene rings is 3. The molecule has 146 valence electrons. The normalized spacial score (nSPS) is 20.6. The van der Waals surface area contributed by atoms with Crippen LogP contribution in [0, 0.1) is 0 Å². The van der Waals surface area contributed by atoms with E-state index in [2.05, 4.69) is 64.3 Å². The highest BCUT2D eigenvalue weighted by Gasteiger charge is 2.54. The van der Waals surface area contributed by atoms with Crippen LogP contribution in [-0.2, 0) is 18.7 Å². The summed E-state index contributed by atoms with van der Waals surface area (Å²) in [5.74, 6) is 1.15. The molecule has 0 saturated heterocycles. The maximum atomic E-state index is 12.0. The van der Waals surface area contributed by atoms with Gasteiger partial charge >= 0.3 is 0 Å². The molecule has 5 rings (SSSR count). The summed E-state index contributed by atoms with van der Waals surface area (Å²) in [4.78, 5) is 3.46. The van der Waals surface area contributed by atoms with Crippen molar-refractivity contribution in [1.29, 1.82) is 0 Å². The van der Waals surface area contributed by atoms with Crippen molar-refractivity contribution in [3.05, 3.63) is 101 Å². The molecule has 0 amide bonds. The van der Waals surface area contributed by atoms with E-state index in [0.29, 0.717) is 13.1 Å². The maximum Gasteiger partial charge on any atom is 0.282 e. The Kier molecular flexibility index (Phi) is 4.69. The summed E-state index contributed by atoms with van der Waals surface area (Å²) >= 11 is 1.75. The quantitative estimate of drug-likeness (QED) is 0.527. The molecular weight excluding hydrogens is 376 g/mol. The van der Waals surface area contributed by atoms with Gasteiger partial charge in [-0.1, -0.05) is 60.7 Å². The molecule has 4 heteroatoms. The lowest BCUT2D eigenvalue weighted by molar-refractivity contribution is -0.534. The van der Waals surface area contributed by atoms with Crippen molar-refractivity contribution in [3.8, 4) is 0 Å². The molecule has 1 unspecified atom stereocenters. The topological polar surface area (TPSA) is 26.5 Å². The molecule has 3 aromatic rings. The predicted octanol–water partition coefficient (Wildman–Crippen LogP) is 4.08. The molecule has 0 radical (unpaired) electrons. The molecule has 2 heterocycles. The zero-order valence-corrected chi connectivity index (χ0v) is 17.4. The van der Waals surface area contributed by atoms with Gasteiger partial charge in [0.25, 0.3) is 11.6 Å². The van der Waals surface area contributed by atoms with E-state index in [1.807, 2.05) is 30.3 Å². The molecule has 0 fully saturated rings. The van der Waals surface area contributed by atoms with Gasteiger partial charge in [-0.05, 0) is 35.6 Å². The second-order valence-electron chi connectivity index (χ2n) is 7.77. The van der Waals surface area contributed by atoms with Crippen LogP contribution in [0.2, 0.25) is 0 Å². The monoisotopic (exact) mass is 401 g/mol. The maximum absolute atomic E-state index is 12.0. The van der Waals surface area contributed by atoms with Crippen LogP contribution in [0.5, 0.6) is 0 Å². The van der Waals surface area contributed by atoms with Gasteiger partial charge in [-0.3, -0.25) is 4.58 Å². The van der Waals surface area contributed by atoms with E-state index < -0.39 is 5.72 Å². The minimum absolute atomic E-state index is 0.587. The van der Waals surface area contributed by atoms with Crippen molar-refractivity contribution in [1.82, 2.24) is 4.90 Å². The molecule has 0 aliphatic carbocycles. The molecule has 2 aliphatic heterocycles. The SMILES string of the molecule is CSc1ccc(CN2C3=[N+](CCc4ccccc43)CC2(O)c2ccccc2)cc1. The third-order valence-corrected chi connectivity index (χ3v) is 6.80. The Bertz CT molecular complexity index is 1060. The Morgan fingerprint density at radius 3 is 2.45 bits per heavy atom. The second-order valence-corrected chi connectivity index (χ2v) is 8.65. The van der Waals surface area contributed by atoms with Crippen LogP contribution in [0.15, 0.2) is 83.8 Å². The van der Waals surface area contributed by atoms with E-state index in [1.54, 1.807) is 11.8 Å². The summed E-state index contributed by atoms with van der Waals surface area (Å²) in [6, 6.07) is 27.4. The Morgan fingerprint density at radius 1 is 0.966 bits per heavy atom. The molecule has 3 nitrogen and oxygen atoms in total. The van der Waals surface area contributed by atoms with E-state index in [-0.39, 0.29) is 0 Å². The predicted molar refractivity (Wildman–Crippen MR) is 118 cm³/mol. The first-order chi connectivity index (χ1) is 14.2. The summed E-state index contributed by atoms with van der Waals surface area (Å²) < 4.78 is 2.35. The molecule has 0 bridgehead atoms. The van der Waals surface area contributed by atoms with E-state index in [4.69, 9.17) is 0 Å². The smallest absolute Gasteiger partial charge is 0.282 e. The van der Waals surface area contributed by atoms with Gasteiger partial charge < -0.3 is 5.11 Å². The van der Waals surface area contributed by atoms with Gasteiger partial charge in [-0.25, -0.2) is 4.90 Å². The van der Waals surface area contributed by atoms with Crippen LogP contribution in [0.1, 0.15) is 22.3 Å². The minimum Gasteiger partial charge on any atom is -0.346 e. The molecule has 0 aromatic heterocycles. The van der Waals surface area contributed by atoms with Gasteiger partial charge in [0.2, 0.25) is 0 Å². The Labute approximate surface area is 176 Å². The Morgan fingerprint density at radius 2 is 1.69 bits per heavy atom. The van der Waals surface area contributed by atoms with Crippen LogP contribution >= 0.6 is 11.8 Å². The summed E-state index contributed by atoms with van der Waals surface area (Å²) in [5, 5.41) is 12.0. The number of hydrogen-bond acceptors (Lipinski definition) is 3. The van der Waals surface area contributed by atoms with Gasteiger partial charge in [-0.2, -0.15) is 0 Å². The van der Waals surface area contributed by atoms with Crippen LogP contribution < -0.4 is 0 Å². The highest BCUT2D eigenvalue weighted by atomic mass is 32.2. The summed E-state index contributed by atoms with van der Waals surface area (Å²) in [6.45, 7) is 2.19. The van der Waals surface area contributed by atoms with Crippen molar-refractivity contribution in [2.45, 2.75) is 23.6 Å². The van der Waals surface area contributed by atoms with Crippen molar-refractivity contribution >= 4 is 17.6 Å².